The fraction of sp³-hybridized carbons (Fsp3) is 0.429. The minimum absolute atomic E-state index is 0.0667. The van der Waals surface area contributed by atoms with E-state index in [0.29, 0.717) is 18.8 Å². The van der Waals surface area contributed by atoms with Gasteiger partial charge in [-0.25, -0.2) is 8.42 Å². The Labute approximate surface area is 187 Å². The molecule has 3 rings (SSSR count). The molecular formula is C21H28N6O4S. The molecule has 3 aromatic rings. The molecule has 0 spiro atoms. The van der Waals surface area contributed by atoms with Gasteiger partial charge in [-0.15, -0.1) is 5.10 Å². The van der Waals surface area contributed by atoms with Gasteiger partial charge in [-0.3, -0.25) is 14.8 Å². The van der Waals surface area contributed by atoms with Crippen molar-refractivity contribution in [3.8, 4) is 11.6 Å². The average Bonchev–Trinajstić information content (AvgIpc) is 3.35. The van der Waals surface area contributed by atoms with Gasteiger partial charge >= 0.3 is 6.01 Å². The Morgan fingerprint density at radius 3 is 2.22 bits per heavy atom. The Morgan fingerprint density at radius 2 is 1.69 bits per heavy atom. The Morgan fingerprint density at radius 1 is 1.06 bits per heavy atom. The number of aromatic nitrogens is 4. The molecule has 0 fully saturated rings. The van der Waals surface area contributed by atoms with Crippen molar-refractivity contribution in [3.63, 3.8) is 0 Å². The number of rotatable bonds is 9. The van der Waals surface area contributed by atoms with E-state index in [-0.39, 0.29) is 34.2 Å². The molecule has 2 aromatic heterocycles. The number of amides is 1. The van der Waals surface area contributed by atoms with Gasteiger partial charge in [0.15, 0.2) is 0 Å². The van der Waals surface area contributed by atoms with Crippen molar-refractivity contribution in [2.24, 2.45) is 18.9 Å². The largest absolute Gasteiger partial charge is 0.401 e. The molecule has 172 valence electrons. The number of carbonyl (C=O) groups is 1. The summed E-state index contributed by atoms with van der Waals surface area (Å²) < 4.78 is 34.7. The quantitative estimate of drug-likeness (QED) is 0.520. The number of nitrogens with one attached hydrogen (secondary N) is 1. The van der Waals surface area contributed by atoms with E-state index < -0.39 is 15.9 Å². The maximum Gasteiger partial charge on any atom is 0.322 e. The van der Waals surface area contributed by atoms with Gasteiger partial charge in [-0.1, -0.05) is 32.8 Å². The van der Waals surface area contributed by atoms with E-state index in [9.17, 15) is 13.2 Å². The molecule has 10 nitrogen and oxygen atoms in total. The summed E-state index contributed by atoms with van der Waals surface area (Å²) in [4.78, 5) is 12.7. The summed E-state index contributed by atoms with van der Waals surface area (Å²) in [6.07, 6.45) is 1.59. The van der Waals surface area contributed by atoms with E-state index in [1.54, 1.807) is 24.0 Å². The molecule has 0 radical (unpaired) electrons. The molecule has 0 aliphatic carbocycles. The minimum Gasteiger partial charge on any atom is -0.401 e. The van der Waals surface area contributed by atoms with E-state index in [2.05, 4.69) is 20.6 Å². The van der Waals surface area contributed by atoms with Crippen molar-refractivity contribution in [2.45, 2.75) is 32.6 Å². The van der Waals surface area contributed by atoms with E-state index in [1.165, 1.54) is 28.6 Å². The van der Waals surface area contributed by atoms with Gasteiger partial charge in [-0.05, 0) is 42.2 Å². The van der Waals surface area contributed by atoms with E-state index in [1.807, 2.05) is 27.7 Å². The van der Waals surface area contributed by atoms with Gasteiger partial charge in [-0.2, -0.15) is 9.40 Å². The predicted octanol–water partition coefficient (Wildman–Crippen LogP) is 3.03. The van der Waals surface area contributed by atoms with Crippen LogP contribution < -0.4 is 5.32 Å². The average molecular weight is 461 g/mol. The lowest BCUT2D eigenvalue weighted by Crippen LogP contribution is -2.37. The third-order valence-corrected chi connectivity index (χ3v) is 6.42. The molecule has 1 amide bonds. The summed E-state index contributed by atoms with van der Waals surface area (Å²) in [6.45, 7) is 8.78. The van der Waals surface area contributed by atoms with Crippen LogP contribution in [0.2, 0.25) is 0 Å². The fourth-order valence-corrected chi connectivity index (χ4v) is 4.91. The molecule has 0 saturated carbocycles. The second kappa shape index (κ2) is 9.61. The Bertz CT molecular complexity index is 1160. The zero-order chi connectivity index (χ0) is 23.5. The topological polar surface area (TPSA) is 123 Å². The molecule has 2 heterocycles. The highest BCUT2D eigenvalue weighted by molar-refractivity contribution is 7.89. The van der Waals surface area contributed by atoms with Crippen LogP contribution in [0.1, 0.15) is 38.1 Å². The molecule has 1 N–H and O–H groups in total. The molecule has 1 aromatic carbocycles. The van der Waals surface area contributed by atoms with Gasteiger partial charge in [0.05, 0.1) is 4.90 Å². The highest BCUT2D eigenvalue weighted by Crippen LogP contribution is 2.21. The summed E-state index contributed by atoms with van der Waals surface area (Å²) >= 11 is 0. The number of nitrogens with zero attached hydrogens (tertiary/aromatic N) is 5. The third kappa shape index (κ3) is 5.40. The summed E-state index contributed by atoms with van der Waals surface area (Å²) in [5, 5.41) is 14.3. The van der Waals surface area contributed by atoms with Crippen molar-refractivity contribution in [3.05, 3.63) is 42.1 Å². The van der Waals surface area contributed by atoms with Crippen LogP contribution in [0.25, 0.3) is 11.6 Å². The molecule has 0 bridgehead atoms. The maximum atomic E-state index is 13.1. The van der Waals surface area contributed by atoms with Gasteiger partial charge in [0.25, 0.3) is 11.8 Å². The van der Waals surface area contributed by atoms with Crippen LogP contribution in [-0.2, 0) is 17.1 Å². The number of carbonyl (C=O) groups excluding carboxylic acids is 1. The highest BCUT2D eigenvalue weighted by atomic mass is 32.2. The molecule has 0 aliphatic rings. The second-order valence-corrected chi connectivity index (χ2v) is 10.3. The lowest BCUT2D eigenvalue weighted by Gasteiger charge is -2.25. The van der Waals surface area contributed by atoms with Gasteiger partial charge in [0.2, 0.25) is 10.0 Å². The van der Waals surface area contributed by atoms with Crippen LogP contribution >= 0.6 is 0 Å². The molecule has 32 heavy (non-hydrogen) atoms. The van der Waals surface area contributed by atoms with Crippen LogP contribution in [0, 0.1) is 11.8 Å². The summed E-state index contributed by atoms with van der Waals surface area (Å²) in [7, 11) is -1.93. The molecule has 11 heteroatoms. The standard InChI is InChI=1S/C21H28N6O4S/c1-14(2)12-27(13-15(3)4)32(29,30)17-8-6-16(7-9-17)19(28)23-21-25-24-20(31-21)18-10-11-22-26(18)5/h6-11,14-15H,12-13H2,1-5H3,(H,23,25,28). The highest BCUT2D eigenvalue weighted by Gasteiger charge is 2.26. The summed E-state index contributed by atoms with van der Waals surface area (Å²) in [6, 6.07) is 7.44. The maximum absolute atomic E-state index is 13.1. The van der Waals surface area contributed by atoms with Gasteiger partial charge in [0.1, 0.15) is 5.69 Å². The SMILES string of the molecule is CC(C)CN(CC(C)C)S(=O)(=O)c1ccc(C(=O)Nc2nnc(-c3ccnn3C)o2)cc1. The number of aryl methyl sites for hydroxylation is 1. The smallest absolute Gasteiger partial charge is 0.322 e. The first-order valence-corrected chi connectivity index (χ1v) is 11.8. The van der Waals surface area contributed by atoms with Crippen LogP contribution in [0.3, 0.4) is 0 Å². The lowest BCUT2D eigenvalue weighted by molar-refractivity contribution is 0.102. The van der Waals surface area contributed by atoms with Crippen molar-refractivity contribution in [1.82, 2.24) is 24.3 Å². The predicted molar refractivity (Wildman–Crippen MR) is 119 cm³/mol. The number of anilines is 1. The minimum atomic E-state index is -3.67. The van der Waals surface area contributed by atoms with E-state index in [0.717, 1.165) is 0 Å². The third-order valence-electron chi connectivity index (χ3n) is 4.58. The van der Waals surface area contributed by atoms with Crippen LogP contribution in [-0.4, -0.2) is 51.7 Å². The number of hydrogen-bond acceptors (Lipinski definition) is 7. The van der Waals surface area contributed by atoms with Crippen LogP contribution in [0.15, 0.2) is 45.8 Å². The number of benzene rings is 1. The van der Waals surface area contributed by atoms with Crippen molar-refractivity contribution in [1.29, 1.82) is 0 Å². The Hall–Kier alpha value is -3.05. The molecule has 0 aliphatic heterocycles. The number of sulfonamides is 1. The molecule has 0 atom stereocenters. The molecular weight excluding hydrogens is 432 g/mol. The van der Waals surface area contributed by atoms with Crippen molar-refractivity contribution >= 4 is 21.9 Å². The zero-order valence-electron chi connectivity index (χ0n) is 18.8. The first kappa shape index (κ1) is 23.6. The zero-order valence-corrected chi connectivity index (χ0v) is 19.6. The Kier molecular flexibility index (Phi) is 7.09. The van der Waals surface area contributed by atoms with Crippen LogP contribution in [0.4, 0.5) is 6.01 Å². The van der Waals surface area contributed by atoms with Crippen molar-refractivity contribution in [2.75, 3.05) is 18.4 Å². The fourth-order valence-electron chi connectivity index (χ4n) is 3.14. The monoisotopic (exact) mass is 460 g/mol. The summed E-state index contributed by atoms with van der Waals surface area (Å²) in [5.74, 6) is 0.117. The van der Waals surface area contributed by atoms with Gasteiger partial charge < -0.3 is 4.42 Å². The Balaban J connectivity index is 1.74. The first-order valence-electron chi connectivity index (χ1n) is 10.3. The van der Waals surface area contributed by atoms with Crippen molar-refractivity contribution < 1.29 is 17.6 Å². The first-order chi connectivity index (χ1) is 15.1. The summed E-state index contributed by atoms with van der Waals surface area (Å²) in [5.41, 5.74) is 0.878. The van der Waals surface area contributed by atoms with Crippen LogP contribution in [0.5, 0.6) is 0 Å². The molecule has 0 unspecified atom stereocenters. The van der Waals surface area contributed by atoms with Gasteiger partial charge in [0, 0.05) is 31.9 Å². The van der Waals surface area contributed by atoms with E-state index >= 15 is 0 Å². The van der Waals surface area contributed by atoms with E-state index in [4.69, 9.17) is 4.42 Å². The molecule has 0 saturated heterocycles. The number of hydrogen-bond donors (Lipinski definition) is 1. The second-order valence-electron chi connectivity index (χ2n) is 8.34. The normalized spacial score (nSPS) is 12.1. The lowest BCUT2D eigenvalue weighted by atomic mass is 10.2.